The molecule has 3 rings (SSSR count). The van der Waals surface area contributed by atoms with Crippen LogP contribution < -0.4 is 5.32 Å². The van der Waals surface area contributed by atoms with Crippen molar-refractivity contribution in [2.75, 3.05) is 5.75 Å². The molecule has 0 unspecified atom stereocenters. The summed E-state index contributed by atoms with van der Waals surface area (Å²) in [4.78, 5) is 12.4. The Hall–Kier alpha value is -2.09. The number of rotatable bonds is 6. The Morgan fingerprint density at radius 2 is 2.00 bits per heavy atom. The molecular weight excluding hydrogens is 410 g/mol. The molecule has 0 aliphatic heterocycles. The van der Waals surface area contributed by atoms with E-state index in [0.29, 0.717) is 16.0 Å². The number of nitrogens with zero attached hydrogens (tertiary/aromatic N) is 3. The topological polar surface area (TPSA) is 59.8 Å². The van der Waals surface area contributed by atoms with Gasteiger partial charge in [0.15, 0.2) is 11.0 Å². The maximum absolute atomic E-state index is 13.9. The van der Waals surface area contributed by atoms with Crippen LogP contribution in [-0.2, 0) is 6.54 Å². The second-order valence-electron chi connectivity index (χ2n) is 5.43. The standard InChI is InChI=1S/C18H15Cl2FN4OS/c1-2-27-18-24-23-15(25(18)12-6-3-5-11(19)9-12)10-22-17(26)16-13(20)7-4-8-14(16)21/h3-9H,2,10H2,1H3,(H,22,26). The number of carbonyl (C=O) groups is 1. The zero-order valence-electron chi connectivity index (χ0n) is 14.2. The summed E-state index contributed by atoms with van der Waals surface area (Å²) in [5.41, 5.74) is 0.577. The van der Waals surface area contributed by atoms with Gasteiger partial charge in [-0.3, -0.25) is 9.36 Å². The number of aromatic nitrogens is 3. The normalized spacial score (nSPS) is 10.8. The molecule has 1 heterocycles. The van der Waals surface area contributed by atoms with Crippen molar-refractivity contribution in [3.05, 3.63) is 69.7 Å². The number of benzene rings is 2. The average Bonchev–Trinajstić information content (AvgIpc) is 3.03. The number of hydrogen-bond donors (Lipinski definition) is 1. The lowest BCUT2D eigenvalue weighted by molar-refractivity contribution is 0.0946. The van der Waals surface area contributed by atoms with Gasteiger partial charge in [-0.15, -0.1) is 10.2 Å². The van der Waals surface area contributed by atoms with Gasteiger partial charge in [-0.05, 0) is 36.1 Å². The molecule has 2 aromatic carbocycles. The van der Waals surface area contributed by atoms with Crippen molar-refractivity contribution in [3.8, 4) is 5.69 Å². The monoisotopic (exact) mass is 424 g/mol. The van der Waals surface area contributed by atoms with E-state index in [1.54, 1.807) is 12.1 Å². The fourth-order valence-electron chi connectivity index (χ4n) is 2.47. The number of halogens is 3. The fourth-order valence-corrected chi connectivity index (χ4v) is 3.60. The second-order valence-corrected chi connectivity index (χ2v) is 7.50. The third-order valence-corrected chi connectivity index (χ3v) is 5.00. The van der Waals surface area contributed by atoms with Crippen LogP contribution in [0.2, 0.25) is 10.0 Å². The fraction of sp³-hybridized carbons (Fsp3) is 0.167. The highest BCUT2D eigenvalue weighted by Gasteiger charge is 2.18. The zero-order valence-corrected chi connectivity index (χ0v) is 16.6. The molecule has 0 saturated carbocycles. The lowest BCUT2D eigenvalue weighted by atomic mass is 10.2. The third-order valence-electron chi connectivity index (χ3n) is 3.64. The van der Waals surface area contributed by atoms with Gasteiger partial charge in [0.1, 0.15) is 5.82 Å². The van der Waals surface area contributed by atoms with Crippen molar-refractivity contribution in [1.82, 2.24) is 20.1 Å². The van der Waals surface area contributed by atoms with Crippen molar-refractivity contribution in [2.45, 2.75) is 18.6 Å². The average molecular weight is 425 g/mol. The molecule has 140 valence electrons. The second kappa shape index (κ2) is 8.73. The van der Waals surface area contributed by atoms with Crippen molar-refractivity contribution in [2.24, 2.45) is 0 Å². The van der Waals surface area contributed by atoms with Crippen molar-refractivity contribution < 1.29 is 9.18 Å². The van der Waals surface area contributed by atoms with E-state index in [-0.39, 0.29) is 17.1 Å². The maximum atomic E-state index is 13.9. The van der Waals surface area contributed by atoms with E-state index in [1.165, 1.54) is 30.0 Å². The minimum atomic E-state index is -0.682. The van der Waals surface area contributed by atoms with Gasteiger partial charge in [0.2, 0.25) is 0 Å². The van der Waals surface area contributed by atoms with Gasteiger partial charge in [-0.1, -0.05) is 54.0 Å². The van der Waals surface area contributed by atoms with E-state index in [2.05, 4.69) is 15.5 Å². The van der Waals surface area contributed by atoms with Crippen LogP contribution in [0.5, 0.6) is 0 Å². The molecule has 3 aromatic rings. The van der Waals surface area contributed by atoms with E-state index in [1.807, 2.05) is 23.6 Å². The van der Waals surface area contributed by atoms with Gasteiger partial charge >= 0.3 is 0 Å². The van der Waals surface area contributed by atoms with Crippen LogP contribution in [0, 0.1) is 5.82 Å². The van der Waals surface area contributed by atoms with Gasteiger partial charge in [-0.25, -0.2) is 4.39 Å². The van der Waals surface area contributed by atoms with Crippen molar-refractivity contribution in [3.63, 3.8) is 0 Å². The largest absolute Gasteiger partial charge is 0.345 e. The first kappa shape index (κ1) is 19.7. The molecule has 0 bridgehead atoms. The molecule has 1 aromatic heterocycles. The third kappa shape index (κ3) is 4.43. The minimum Gasteiger partial charge on any atom is -0.345 e. The Morgan fingerprint density at radius 3 is 2.70 bits per heavy atom. The minimum absolute atomic E-state index is 0.0473. The first-order valence-electron chi connectivity index (χ1n) is 8.06. The predicted octanol–water partition coefficient (Wildman–Crippen LogP) is 4.76. The lowest BCUT2D eigenvalue weighted by Crippen LogP contribution is -2.26. The molecule has 5 nitrogen and oxygen atoms in total. The van der Waals surface area contributed by atoms with Crippen LogP contribution in [0.4, 0.5) is 4.39 Å². The van der Waals surface area contributed by atoms with Gasteiger partial charge < -0.3 is 5.32 Å². The molecule has 1 N–H and O–H groups in total. The molecular formula is C18H15Cl2FN4OS. The molecule has 0 radical (unpaired) electrons. The highest BCUT2D eigenvalue weighted by atomic mass is 35.5. The maximum Gasteiger partial charge on any atom is 0.256 e. The highest BCUT2D eigenvalue weighted by Crippen LogP contribution is 2.24. The number of carbonyl (C=O) groups excluding carboxylic acids is 1. The van der Waals surface area contributed by atoms with E-state index in [0.717, 1.165) is 11.4 Å². The van der Waals surface area contributed by atoms with E-state index in [4.69, 9.17) is 23.2 Å². The first-order chi connectivity index (χ1) is 13.0. The van der Waals surface area contributed by atoms with Crippen molar-refractivity contribution in [1.29, 1.82) is 0 Å². The van der Waals surface area contributed by atoms with E-state index in [9.17, 15) is 9.18 Å². The summed E-state index contributed by atoms with van der Waals surface area (Å²) in [6.45, 7) is 2.05. The summed E-state index contributed by atoms with van der Waals surface area (Å²) in [6, 6.07) is 11.3. The van der Waals surface area contributed by atoms with E-state index < -0.39 is 11.7 Å². The highest BCUT2D eigenvalue weighted by molar-refractivity contribution is 7.99. The molecule has 0 aliphatic rings. The number of amides is 1. The predicted molar refractivity (Wildman–Crippen MR) is 105 cm³/mol. The molecule has 0 fully saturated rings. The van der Waals surface area contributed by atoms with Crippen LogP contribution in [0.1, 0.15) is 23.1 Å². The van der Waals surface area contributed by atoms with Gasteiger partial charge in [0.25, 0.3) is 5.91 Å². The van der Waals surface area contributed by atoms with Crippen LogP contribution in [0.15, 0.2) is 47.6 Å². The van der Waals surface area contributed by atoms with Crippen LogP contribution in [0.3, 0.4) is 0 Å². The molecule has 0 atom stereocenters. The summed E-state index contributed by atoms with van der Waals surface area (Å²) >= 11 is 13.6. The Bertz CT molecular complexity index is 959. The number of nitrogens with one attached hydrogen (secondary N) is 1. The molecule has 0 aliphatic carbocycles. The van der Waals surface area contributed by atoms with Gasteiger partial charge in [0, 0.05) is 5.02 Å². The summed E-state index contributed by atoms with van der Waals surface area (Å²) < 4.78 is 15.7. The quantitative estimate of drug-likeness (QED) is 0.579. The number of thioether (sulfide) groups is 1. The summed E-state index contributed by atoms with van der Waals surface area (Å²) in [5.74, 6) is -0.00778. The van der Waals surface area contributed by atoms with Crippen molar-refractivity contribution >= 4 is 40.9 Å². The number of hydrogen-bond acceptors (Lipinski definition) is 4. The van der Waals surface area contributed by atoms with Crippen LogP contribution in [0.25, 0.3) is 5.69 Å². The zero-order chi connectivity index (χ0) is 19.4. The summed E-state index contributed by atoms with van der Waals surface area (Å²) in [6.07, 6.45) is 0. The first-order valence-corrected chi connectivity index (χ1v) is 9.80. The van der Waals surface area contributed by atoms with Gasteiger partial charge in [0.05, 0.1) is 22.8 Å². The Labute approximate surface area is 169 Å². The summed E-state index contributed by atoms with van der Waals surface area (Å²) in [5, 5.41) is 12.3. The molecule has 9 heteroatoms. The van der Waals surface area contributed by atoms with Gasteiger partial charge in [-0.2, -0.15) is 0 Å². The Kier molecular flexibility index (Phi) is 6.36. The molecule has 0 saturated heterocycles. The SMILES string of the molecule is CCSc1nnc(CNC(=O)c2c(F)cccc2Cl)n1-c1cccc(Cl)c1. The smallest absolute Gasteiger partial charge is 0.256 e. The lowest BCUT2D eigenvalue weighted by Gasteiger charge is -2.11. The van der Waals surface area contributed by atoms with Crippen LogP contribution in [-0.4, -0.2) is 26.4 Å². The molecule has 0 spiro atoms. The summed E-state index contributed by atoms with van der Waals surface area (Å²) in [7, 11) is 0. The Morgan fingerprint density at radius 1 is 1.22 bits per heavy atom. The Balaban J connectivity index is 1.88. The molecule has 27 heavy (non-hydrogen) atoms. The van der Waals surface area contributed by atoms with Crippen LogP contribution >= 0.6 is 35.0 Å². The van der Waals surface area contributed by atoms with E-state index >= 15 is 0 Å². The molecule has 1 amide bonds.